The average Bonchev–Trinajstić information content (AvgIpc) is 2.51. The summed E-state index contributed by atoms with van der Waals surface area (Å²) in [5.74, 6) is 0.710. The molecule has 0 spiro atoms. The lowest BCUT2D eigenvalue weighted by atomic mass is 10.1. The normalized spacial score (nSPS) is 12.4. The van der Waals surface area contributed by atoms with E-state index in [9.17, 15) is 15.0 Å². The van der Waals surface area contributed by atoms with E-state index in [-0.39, 0.29) is 30.9 Å². The number of nitrogens with zero attached hydrogens (tertiary/aromatic N) is 1. The van der Waals surface area contributed by atoms with Crippen LogP contribution in [0.3, 0.4) is 0 Å². The fourth-order valence-corrected chi connectivity index (χ4v) is 2.55. The van der Waals surface area contributed by atoms with E-state index in [0.29, 0.717) is 11.1 Å². The highest BCUT2D eigenvalue weighted by Gasteiger charge is 2.18. The largest absolute Gasteiger partial charge is 0.507 e. The molecule has 0 aliphatic heterocycles. The van der Waals surface area contributed by atoms with E-state index in [1.807, 2.05) is 38.1 Å². The fourth-order valence-electron chi connectivity index (χ4n) is 2.55. The van der Waals surface area contributed by atoms with Gasteiger partial charge in [-0.05, 0) is 26.0 Å². The van der Waals surface area contributed by atoms with Gasteiger partial charge in [0.1, 0.15) is 24.2 Å². The molecule has 124 valence electrons. The van der Waals surface area contributed by atoms with Crippen molar-refractivity contribution in [3.05, 3.63) is 36.4 Å². The number of hydrogen-bond acceptors (Lipinski definition) is 4. The Kier molecular flexibility index (Phi) is 5.45. The zero-order chi connectivity index (χ0) is 17.0. The molecular formula is C18H23NO4. The summed E-state index contributed by atoms with van der Waals surface area (Å²) in [6, 6.07) is 10.6. The van der Waals surface area contributed by atoms with Gasteiger partial charge in [-0.1, -0.05) is 24.3 Å². The van der Waals surface area contributed by atoms with Gasteiger partial charge in [-0.2, -0.15) is 0 Å². The molecule has 0 aliphatic rings. The first kappa shape index (κ1) is 17.1. The third kappa shape index (κ3) is 4.13. The molecule has 1 unspecified atom stereocenters. The van der Waals surface area contributed by atoms with Gasteiger partial charge < -0.3 is 19.8 Å². The third-order valence-electron chi connectivity index (χ3n) is 3.73. The zero-order valence-corrected chi connectivity index (χ0v) is 13.7. The molecule has 2 rings (SSSR count). The van der Waals surface area contributed by atoms with Crippen LogP contribution < -0.4 is 4.74 Å². The van der Waals surface area contributed by atoms with Gasteiger partial charge >= 0.3 is 0 Å². The Hall–Kier alpha value is -2.27. The number of aliphatic hydroxyl groups is 1. The molecule has 0 radical (unpaired) electrons. The summed E-state index contributed by atoms with van der Waals surface area (Å²) in [6.07, 6.45) is -0.783. The van der Waals surface area contributed by atoms with Crippen molar-refractivity contribution in [2.24, 2.45) is 0 Å². The van der Waals surface area contributed by atoms with E-state index in [2.05, 4.69) is 0 Å². The van der Waals surface area contributed by atoms with E-state index < -0.39 is 6.10 Å². The number of carbonyl (C=O) groups excluding carboxylic acids is 1. The van der Waals surface area contributed by atoms with Gasteiger partial charge in [-0.3, -0.25) is 4.79 Å². The predicted molar refractivity (Wildman–Crippen MR) is 89.6 cm³/mol. The van der Waals surface area contributed by atoms with Crippen LogP contribution in [0.4, 0.5) is 0 Å². The molecule has 0 bridgehead atoms. The van der Waals surface area contributed by atoms with Crippen LogP contribution in [0, 0.1) is 0 Å². The van der Waals surface area contributed by atoms with Crippen LogP contribution in [0.15, 0.2) is 36.4 Å². The number of benzene rings is 2. The van der Waals surface area contributed by atoms with E-state index in [1.54, 1.807) is 17.0 Å². The highest BCUT2D eigenvalue weighted by atomic mass is 16.5. The van der Waals surface area contributed by atoms with Crippen LogP contribution in [0.25, 0.3) is 10.8 Å². The first-order valence-corrected chi connectivity index (χ1v) is 7.69. The Morgan fingerprint density at radius 2 is 1.83 bits per heavy atom. The van der Waals surface area contributed by atoms with E-state index in [4.69, 9.17) is 4.74 Å². The Morgan fingerprint density at radius 1 is 1.17 bits per heavy atom. The summed E-state index contributed by atoms with van der Waals surface area (Å²) >= 11 is 0. The van der Waals surface area contributed by atoms with Crippen LogP contribution in [-0.4, -0.2) is 46.3 Å². The number of fused-ring (bicyclic) bond motifs is 1. The minimum absolute atomic E-state index is 0.0247. The molecule has 0 saturated heterocycles. The van der Waals surface area contributed by atoms with Crippen LogP contribution in [0.2, 0.25) is 0 Å². The smallest absolute Gasteiger partial charge is 0.219 e. The van der Waals surface area contributed by atoms with Gasteiger partial charge in [0.15, 0.2) is 0 Å². The summed E-state index contributed by atoms with van der Waals surface area (Å²) in [4.78, 5) is 13.2. The highest BCUT2D eigenvalue weighted by molar-refractivity contribution is 5.92. The Morgan fingerprint density at radius 3 is 2.43 bits per heavy atom. The van der Waals surface area contributed by atoms with Crippen LogP contribution >= 0.6 is 0 Å². The SMILES string of the molecule is CC(=O)N(CC(O)COc1ccc(O)c2ccccc12)C(C)C. The van der Waals surface area contributed by atoms with Crippen molar-refractivity contribution in [1.82, 2.24) is 4.90 Å². The zero-order valence-electron chi connectivity index (χ0n) is 13.7. The van der Waals surface area contributed by atoms with E-state index in [1.165, 1.54) is 6.92 Å². The molecule has 0 aromatic heterocycles. The molecule has 0 aliphatic carbocycles. The second-order valence-electron chi connectivity index (χ2n) is 5.86. The van der Waals surface area contributed by atoms with Gasteiger partial charge in [-0.25, -0.2) is 0 Å². The number of hydrogen-bond donors (Lipinski definition) is 2. The first-order valence-electron chi connectivity index (χ1n) is 7.69. The van der Waals surface area contributed by atoms with Crippen molar-refractivity contribution in [3.63, 3.8) is 0 Å². The minimum Gasteiger partial charge on any atom is -0.507 e. The number of phenolic OH excluding ortho intramolecular Hbond substituents is 1. The van der Waals surface area contributed by atoms with Gasteiger partial charge in [0.2, 0.25) is 5.91 Å². The van der Waals surface area contributed by atoms with Gasteiger partial charge in [0.25, 0.3) is 0 Å². The molecule has 0 fully saturated rings. The fraction of sp³-hybridized carbons (Fsp3) is 0.389. The molecule has 23 heavy (non-hydrogen) atoms. The molecule has 2 aromatic carbocycles. The number of amides is 1. The number of rotatable bonds is 6. The maximum atomic E-state index is 11.6. The molecule has 0 heterocycles. The summed E-state index contributed by atoms with van der Waals surface area (Å²) in [6.45, 7) is 5.60. The van der Waals surface area contributed by atoms with Crippen LogP contribution in [0.1, 0.15) is 20.8 Å². The van der Waals surface area contributed by atoms with Crippen LogP contribution in [-0.2, 0) is 4.79 Å². The summed E-state index contributed by atoms with van der Waals surface area (Å²) in [5.41, 5.74) is 0. The second kappa shape index (κ2) is 7.33. The van der Waals surface area contributed by atoms with Crippen molar-refractivity contribution in [1.29, 1.82) is 0 Å². The maximum Gasteiger partial charge on any atom is 0.219 e. The average molecular weight is 317 g/mol. The lowest BCUT2D eigenvalue weighted by Crippen LogP contribution is -2.42. The number of aromatic hydroxyl groups is 1. The highest BCUT2D eigenvalue weighted by Crippen LogP contribution is 2.32. The number of phenols is 1. The van der Waals surface area contributed by atoms with Gasteiger partial charge in [-0.15, -0.1) is 0 Å². The van der Waals surface area contributed by atoms with Gasteiger partial charge in [0, 0.05) is 23.7 Å². The Balaban J connectivity index is 2.06. The predicted octanol–water partition coefficient (Wildman–Crippen LogP) is 2.54. The second-order valence-corrected chi connectivity index (χ2v) is 5.86. The minimum atomic E-state index is -0.783. The lowest BCUT2D eigenvalue weighted by Gasteiger charge is -2.27. The van der Waals surface area contributed by atoms with Crippen molar-refractivity contribution in [2.45, 2.75) is 32.9 Å². The standard InChI is InChI=1S/C18H23NO4/c1-12(2)19(13(3)20)10-14(21)11-23-18-9-8-17(22)15-6-4-5-7-16(15)18/h4-9,12,14,21-22H,10-11H2,1-3H3. The molecule has 5 nitrogen and oxygen atoms in total. The summed E-state index contributed by atoms with van der Waals surface area (Å²) in [7, 11) is 0. The Bertz CT molecular complexity index is 684. The van der Waals surface area contributed by atoms with Crippen molar-refractivity contribution in [3.8, 4) is 11.5 Å². The Labute approximate surface area is 136 Å². The molecule has 1 amide bonds. The topological polar surface area (TPSA) is 70.0 Å². The molecule has 2 aromatic rings. The summed E-state index contributed by atoms with van der Waals surface area (Å²) < 4.78 is 5.70. The molecule has 0 saturated carbocycles. The van der Waals surface area contributed by atoms with E-state index >= 15 is 0 Å². The number of carbonyl (C=O) groups is 1. The molecule has 1 atom stereocenters. The number of aliphatic hydroxyl groups excluding tert-OH is 1. The molecule has 2 N–H and O–H groups in total. The monoisotopic (exact) mass is 317 g/mol. The quantitative estimate of drug-likeness (QED) is 0.859. The number of ether oxygens (including phenoxy) is 1. The molecule has 5 heteroatoms. The van der Waals surface area contributed by atoms with Crippen molar-refractivity contribution < 1.29 is 19.7 Å². The summed E-state index contributed by atoms with van der Waals surface area (Å²) in [5, 5.41) is 21.5. The molecular weight excluding hydrogens is 294 g/mol. The van der Waals surface area contributed by atoms with Crippen molar-refractivity contribution in [2.75, 3.05) is 13.2 Å². The van der Waals surface area contributed by atoms with Gasteiger partial charge in [0.05, 0.1) is 6.54 Å². The van der Waals surface area contributed by atoms with Crippen molar-refractivity contribution >= 4 is 16.7 Å². The first-order chi connectivity index (χ1) is 10.9. The third-order valence-corrected chi connectivity index (χ3v) is 3.73. The lowest BCUT2D eigenvalue weighted by molar-refractivity contribution is -0.132. The maximum absolute atomic E-state index is 11.6. The van der Waals surface area contributed by atoms with E-state index in [0.717, 1.165) is 5.39 Å². The van der Waals surface area contributed by atoms with Crippen LogP contribution in [0.5, 0.6) is 11.5 Å².